The van der Waals surface area contributed by atoms with Gasteiger partial charge in [0.25, 0.3) is 5.56 Å². The summed E-state index contributed by atoms with van der Waals surface area (Å²) in [6.07, 6.45) is 1.60. The van der Waals surface area contributed by atoms with E-state index < -0.39 is 0 Å². The third-order valence-corrected chi connectivity index (χ3v) is 1.95. The highest BCUT2D eigenvalue weighted by Crippen LogP contribution is 2.11. The predicted octanol–water partition coefficient (Wildman–Crippen LogP) is 0.112. The van der Waals surface area contributed by atoms with Crippen molar-refractivity contribution in [3.8, 4) is 0 Å². The van der Waals surface area contributed by atoms with E-state index in [1.165, 1.54) is 0 Å². The zero-order valence-corrected chi connectivity index (χ0v) is 6.82. The van der Waals surface area contributed by atoms with Crippen LogP contribution in [-0.2, 0) is 0 Å². The molecule has 0 bridgehead atoms. The van der Waals surface area contributed by atoms with Crippen molar-refractivity contribution in [3.05, 3.63) is 40.8 Å². The third kappa shape index (κ3) is 1.32. The minimum Gasteiger partial charge on any atom is -0.329 e. The van der Waals surface area contributed by atoms with Gasteiger partial charge in [0.2, 0.25) is 0 Å². The number of hydrogen-bond donors (Lipinski definition) is 3. The van der Waals surface area contributed by atoms with E-state index in [4.69, 9.17) is 5.21 Å². The minimum atomic E-state index is -0.138. The van der Waals surface area contributed by atoms with E-state index >= 15 is 0 Å². The lowest BCUT2D eigenvalue weighted by Gasteiger charge is -1.96. The first-order chi connectivity index (χ1) is 6.31. The van der Waals surface area contributed by atoms with E-state index in [1.54, 1.807) is 24.4 Å². The molecule has 0 aliphatic heterocycles. The molecule has 0 atom stereocenters. The molecular weight excluding hydrogens is 168 g/mol. The summed E-state index contributed by atoms with van der Waals surface area (Å²) in [5.41, 5.74) is 1.47. The van der Waals surface area contributed by atoms with Gasteiger partial charge in [-0.3, -0.25) is 4.79 Å². The Labute approximate surface area is 73.8 Å². The van der Waals surface area contributed by atoms with Gasteiger partial charge in [-0.15, -0.1) is 0 Å². The molecule has 1 aromatic heterocycles. The van der Waals surface area contributed by atoms with Crippen molar-refractivity contribution in [2.24, 2.45) is 0 Å². The van der Waals surface area contributed by atoms with Crippen LogP contribution in [0.4, 0.5) is 5.69 Å². The zero-order valence-electron chi connectivity index (χ0n) is 6.82. The van der Waals surface area contributed by atoms with Crippen molar-refractivity contribution in [1.82, 2.24) is 4.98 Å². The van der Waals surface area contributed by atoms with Gasteiger partial charge in [0.15, 0.2) is 5.69 Å². The summed E-state index contributed by atoms with van der Waals surface area (Å²) < 4.78 is 0. The van der Waals surface area contributed by atoms with Gasteiger partial charge >= 0.3 is 0 Å². The van der Waals surface area contributed by atoms with Gasteiger partial charge in [-0.2, -0.15) is 5.48 Å². The number of nitrogens with two attached hydrogens (primary N) is 1. The van der Waals surface area contributed by atoms with E-state index in [9.17, 15) is 4.79 Å². The summed E-state index contributed by atoms with van der Waals surface area (Å²) in [5.74, 6) is 0. The molecule has 0 amide bonds. The van der Waals surface area contributed by atoms with Gasteiger partial charge in [-0.05, 0) is 17.5 Å². The molecule has 0 aliphatic carbocycles. The van der Waals surface area contributed by atoms with Crippen molar-refractivity contribution in [2.75, 3.05) is 0 Å². The molecule has 0 saturated heterocycles. The van der Waals surface area contributed by atoms with Crippen molar-refractivity contribution in [1.29, 1.82) is 0 Å². The van der Waals surface area contributed by atoms with Gasteiger partial charge in [0, 0.05) is 18.3 Å². The van der Waals surface area contributed by atoms with E-state index in [0.29, 0.717) is 11.1 Å². The van der Waals surface area contributed by atoms with Crippen LogP contribution in [0.1, 0.15) is 0 Å². The summed E-state index contributed by atoms with van der Waals surface area (Å²) >= 11 is 0. The molecule has 0 radical (unpaired) electrons. The molecule has 13 heavy (non-hydrogen) atoms. The Balaban J connectivity index is 2.82. The van der Waals surface area contributed by atoms with Gasteiger partial charge < -0.3 is 4.98 Å². The van der Waals surface area contributed by atoms with E-state index in [2.05, 4.69) is 4.98 Å². The number of quaternary nitrogens is 1. The summed E-state index contributed by atoms with van der Waals surface area (Å²) in [7, 11) is 0. The van der Waals surface area contributed by atoms with Crippen LogP contribution in [0.2, 0.25) is 0 Å². The molecule has 0 spiro atoms. The quantitative estimate of drug-likeness (QED) is 0.427. The van der Waals surface area contributed by atoms with E-state index in [-0.39, 0.29) is 5.56 Å². The largest absolute Gasteiger partial charge is 0.329 e. The molecule has 1 aromatic carbocycles. The van der Waals surface area contributed by atoms with Crippen LogP contribution < -0.4 is 11.0 Å². The number of nitrogens with one attached hydrogen (secondary N) is 1. The van der Waals surface area contributed by atoms with Gasteiger partial charge in [-0.25, -0.2) is 5.21 Å². The molecule has 0 aliphatic rings. The smallest absolute Gasteiger partial charge is 0.256 e. The van der Waals surface area contributed by atoms with Crippen LogP contribution in [0.15, 0.2) is 35.3 Å². The fraction of sp³-hybridized carbons (Fsp3) is 0. The summed E-state index contributed by atoms with van der Waals surface area (Å²) in [6, 6.07) is 7.01. The van der Waals surface area contributed by atoms with Gasteiger partial charge in [-0.1, -0.05) is 0 Å². The minimum absolute atomic E-state index is 0.138. The Kier molecular flexibility index (Phi) is 1.84. The van der Waals surface area contributed by atoms with E-state index in [0.717, 1.165) is 10.9 Å². The SMILES string of the molecule is O=c1[nH]ccc2ccc([NH2+]O)cc12. The highest BCUT2D eigenvalue weighted by Gasteiger charge is 2.00. The molecule has 4 nitrogen and oxygen atoms in total. The number of pyridine rings is 1. The zero-order chi connectivity index (χ0) is 9.26. The topological polar surface area (TPSA) is 69.7 Å². The Morgan fingerprint density at radius 3 is 2.92 bits per heavy atom. The lowest BCUT2D eigenvalue weighted by atomic mass is 10.1. The number of aromatic nitrogens is 1. The maximum atomic E-state index is 11.3. The van der Waals surface area contributed by atoms with Crippen molar-refractivity contribution in [3.63, 3.8) is 0 Å². The van der Waals surface area contributed by atoms with Crippen LogP contribution >= 0.6 is 0 Å². The lowest BCUT2D eigenvalue weighted by molar-refractivity contribution is -0.825. The fourth-order valence-corrected chi connectivity index (χ4v) is 1.28. The predicted molar refractivity (Wildman–Crippen MR) is 47.9 cm³/mol. The van der Waals surface area contributed by atoms with Gasteiger partial charge in [0.05, 0.1) is 5.39 Å². The highest BCUT2D eigenvalue weighted by atomic mass is 16.5. The standard InChI is InChI=1S/C9H8N2O2/c12-9-8-5-7(11-13)2-1-6(8)3-4-10-9/h1-5,11,13H,(H,10,12)/p+1. The first-order valence-corrected chi connectivity index (χ1v) is 3.90. The van der Waals surface area contributed by atoms with Crippen molar-refractivity contribution < 1.29 is 10.7 Å². The Hall–Kier alpha value is -1.65. The second kappa shape index (κ2) is 3.01. The lowest BCUT2D eigenvalue weighted by Crippen LogP contribution is -2.73. The second-order valence-corrected chi connectivity index (χ2v) is 2.78. The van der Waals surface area contributed by atoms with E-state index in [1.807, 2.05) is 6.07 Å². The monoisotopic (exact) mass is 177 g/mol. The van der Waals surface area contributed by atoms with Gasteiger partial charge in [0.1, 0.15) is 0 Å². The summed E-state index contributed by atoms with van der Waals surface area (Å²) in [6.45, 7) is 0. The number of fused-ring (bicyclic) bond motifs is 1. The summed E-state index contributed by atoms with van der Waals surface area (Å²) in [4.78, 5) is 13.9. The number of aromatic amines is 1. The molecule has 2 rings (SSSR count). The van der Waals surface area contributed by atoms with Crippen LogP contribution in [0.5, 0.6) is 0 Å². The molecule has 66 valence electrons. The Morgan fingerprint density at radius 1 is 1.31 bits per heavy atom. The molecule has 1 heterocycles. The Bertz CT molecular complexity index is 490. The number of rotatable bonds is 1. The normalized spacial score (nSPS) is 10.5. The second-order valence-electron chi connectivity index (χ2n) is 2.78. The first-order valence-electron chi connectivity index (χ1n) is 3.90. The van der Waals surface area contributed by atoms with Crippen molar-refractivity contribution >= 4 is 16.5 Å². The third-order valence-electron chi connectivity index (χ3n) is 1.95. The van der Waals surface area contributed by atoms with Crippen LogP contribution in [-0.4, -0.2) is 10.2 Å². The Morgan fingerprint density at radius 2 is 2.15 bits per heavy atom. The average molecular weight is 177 g/mol. The molecule has 0 unspecified atom stereocenters. The molecule has 4 N–H and O–H groups in total. The average Bonchev–Trinajstić information content (AvgIpc) is 2.18. The number of H-pyrrole nitrogens is 1. The number of hydrogen-bond acceptors (Lipinski definition) is 2. The molecule has 0 saturated carbocycles. The highest BCUT2D eigenvalue weighted by molar-refractivity contribution is 5.83. The maximum Gasteiger partial charge on any atom is 0.256 e. The first kappa shape index (κ1) is 7.97. The molecule has 2 aromatic rings. The van der Waals surface area contributed by atoms with Crippen LogP contribution in [0.25, 0.3) is 10.8 Å². The molecular formula is C9H9N2O2+. The van der Waals surface area contributed by atoms with Crippen LogP contribution in [0.3, 0.4) is 0 Å². The van der Waals surface area contributed by atoms with Crippen molar-refractivity contribution in [2.45, 2.75) is 0 Å². The molecule has 0 fully saturated rings. The maximum absolute atomic E-state index is 11.3. The summed E-state index contributed by atoms with van der Waals surface area (Å²) in [5, 5.41) is 10.2. The molecule has 4 heteroatoms. The number of benzene rings is 1. The fourth-order valence-electron chi connectivity index (χ4n) is 1.28. The van der Waals surface area contributed by atoms with Crippen LogP contribution in [0, 0.1) is 0 Å².